The van der Waals surface area contributed by atoms with E-state index in [4.69, 9.17) is 4.74 Å². The zero-order valence-electron chi connectivity index (χ0n) is 12.5. The van der Waals surface area contributed by atoms with E-state index in [-0.39, 0.29) is 19.1 Å². The van der Waals surface area contributed by atoms with Gasteiger partial charge in [0.15, 0.2) is 6.04 Å². The second-order valence-electron chi connectivity index (χ2n) is 5.29. The Kier molecular flexibility index (Phi) is 4.07. The molecule has 2 aromatic heterocycles. The summed E-state index contributed by atoms with van der Waals surface area (Å²) in [6.07, 6.45) is 6.58. The van der Waals surface area contributed by atoms with Crippen LogP contribution in [0.4, 0.5) is 0 Å². The van der Waals surface area contributed by atoms with Crippen LogP contribution in [0.15, 0.2) is 30.9 Å². The Morgan fingerprint density at radius 2 is 2.13 bits per heavy atom. The molecule has 120 valence electrons. The van der Waals surface area contributed by atoms with E-state index in [1.54, 1.807) is 30.2 Å². The lowest BCUT2D eigenvalue weighted by molar-refractivity contribution is -0.147. The van der Waals surface area contributed by atoms with Crippen LogP contribution in [-0.4, -0.2) is 62.4 Å². The van der Waals surface area contributed by atoms with Gasteiger partial charge in [-0.2, -0.15) is 5.10 Å². The van der Waals surface area contributed by atoms with Gasteiger partial charge in [0.25, 0.3) is 5.91 Å². The molecule has 1 fully saturated rings. The molecule has 3 rings (SSSR count). The quantitative estimate of drug-likeness (QED) is 0.880. The summed E-state index contributed by atoms with van der Waals surface area (Å²) in [6.45, 7) is 0.564. The number of amides is 1. The van der Waals surface area contributed by atoms with Gasteiger partial charge in [-0.1, -0.05) is 0 Å². The van der Waals surface area contributed by atoms with Crippen molar-refractivity contribution in [2.75, 3.05) is 19.8 Å². The molecular weight excluding hydrogens is 300 g/mol. The molecule has 0 radical (unpaired) electrons. The molecule has 0 aromatic carbocycles. The van der Waals surface area contributed by atoms with Crippen molar-refractivity contribution in [3.05, 3.63) is 36.4 Å². The van der Waals surface area contributed by atoms with Crippen LogP contribution in [0.5, 0.6) is 0 Å². The molecule has 0 spiro atoms. The van der Waals surface area contributed by atoms with Crippen molar-refractivity contribution in [3.8, 4) is 11.1 Å². The first-order valence-corrected chi connectivity index (χ1v) is 7.12. The van der Waals surface area contributed by atoms with E-state index < -0.39 is 12.0 Å². The fraction of sp³-hybridized carbons (Fsp3) is 0.333. The number of hydrogen-bond donors (Lipinski definition) is 1. The van der Waals surface area contributed by atoms with E-state index in [0.29, 0.717) is 12.2 Å². The van der Waals surface area contributed by atoms with Gasteiger partial charge in [0, 0.05) is 43.3 Å². The Bertz CT molecular complexity index is 743. The van der Waals surface area contributed by atoms with Crippen molar-refractivity contribution in [2.24, 2.45) is 7.05 Å². The van der Waals surface area contributed by atoms with Crippen molar-refractivity contribution in [3.63, 3.8) is 0 Å². The zero-order valence-corrected chi connectivity index (χ0v) is 12.5. The Balaban J connectivity index is 1.88. The summed E-state index contributed by atoms with van der Waals surface area (Å²) in [4.78, 5) is 29.3. The summed E-state index contributed by atoms with van der Waals surface area (Å²) in [7, 11) is 1.80. The van der Waals surface area contributed by atoms with Crippen LogP contribution in [0.3, 0.4) is 0 Å². The second kappa shape index (κ2) is 6.17. The molecule has 8 nitrogen and oxygen atoms in total. The number of aromatic nitrogens is 3. The summed E-state index contributed by atoms with van der Waals surface area (Å²) < 4.78 is 6.81. The molecule has 1 aliphatic heterocycles. The first-order chi connectivity index (χ1) is 11.1. The maximum absolute atomic E-state index is 12.6. The molecule has 1 amide bonds. The number of carboxylic acids is 1. The van der Waals surface area contributed by atoms with Crippen LogP contribution in [0.25, 0.3) is 11.1 Å². The summed E-state index contributed by atoms with van der Waals surface area (Å²) in [5, 5.41) is 13.3. The van der Waals surface area contributed by atoms with Gasteiger partial charge in [0.05, 0.1) is 25.0 Å². The maximum Gasteiger partial charge on any atom is 0.328 e. The predicted octanol–water partition coefficient (Wildman–Crippen LogP) is 0.408. The van der Waals surface area contributed by atoms with Gasteiger partial charge in [-0.3, -0.25) is 14.5 Å². The lowest BCUT2D eigenvalue weighted by Gasteiger charge is -2.32. The highest BCUT2D eigenvalue weighted by Crippen LogP contribution is 2.20. The van der Waals surface area contributed by atoms with Crippen LogP contribution in [-0.2, 0) is 16.6 Å². The van der Waals surface area contributed by atoms with E-state index in [0.717, 1.165) is 11.1 Å². The second-order valence-corrected chi connectivity index (χ2v) is 5.29. The third-order valence-electron chi connectivity index (χ3n) is 3.70. The Morgan fingerprint density at radius 1 is 1.30 bits per heavy atom. The molecule has 0 bridgehead atoms. The predicted molar refractivity (Wildman–Crippen MR) is 79.7 cm³/mol. The van der Waals surface area contributed by atoms with Crippen LogP contribution >= 0.6 is 0 Å². The van der Waals surface area contributed by atoms with Gasteiger partial charge in [-0.25, -0.2) is 4.79 Å². The first kappa shape index (κ1) is 15.2. The number of aryl methyl sites for hydroxylation is 1. The van der Waals surface area contributed by atoms with Crippen molar-refractivity contribution in [1.82, 2.24) is 19.7 Å². The first-order valence-electron chi connectivity index (χ1n) is 7.12. The fourth-order valence-corrected chi connectivity index (χ4v) is 2.50. The minimum atomic E-state index is -1.07. The minimum Gasteiger partial charge on any atom is -0.480 e. The summed E-state index contributed by atoms with van der Waals surface area (Å²) in [5.74, 6) is -1.44. The fourth-order valence-electron chi connectivity index (χ4n) is 2.50. The third kappa shape index (κ3) is 3.07. The molecule has 3 heterocycles. The van der Waals surface area contributed by atoms with E-state index in [9.17, 15) is 14.7 Å². The van der Waals surface area contributed by atoms with E-state index in [2.05, 4.69) is 10.1 Å². The number of pyridine rings is 1. The summed E-state index contributed by atoms with van der Waals surface area (Å²) in [5.41, 5.74) is 1.94. The topological polar surface area (TPSA) is 97.6 Å². The van der Waals surface area contributed by atoms with Crippen LogP contribution < -0.4 is 0 Å². The average molecular weight is 316 g/mol. The number of rotatable bonds is 3. The number of morpholine rings is 1. The van der Waals surface area contributed by atoms with Crippen LogP contribution in [0.1, 0.15) is 10.4 Å². The molecule has 0 saturated carbocycles. The largest absolute Gasteiger partial charge is 0.480 e. The number of carbonyl (C=O) groups is 2. The standard InChI is InChI=1S/C15H16N4O4/c1-18-8-12(7-17-18)10-4-11(6-16-5-10)14(20)19-2-3-23-9-13(19)15(21)22/h4-8,13H,2-3,9H2,1H3,(H,21,22). The highest BCUT2D eigenvalue weighted by molar-refractivity contribution is 5.97. The van der Waals surface area contributed by atoms with Crippen LogP contribution in [0, 0.1) is 0 Å². The lowest BCUT2D eigenvalue weighted by Crippen LogP contribution is -2.52. The van der Waals surface area contributed by atoms with E-state index >= 15 is 0 Å². The Labute approximate surface area is 132 Å². The van der Waals surface area contributed by atoms with Gasteiger partial charge in [-0.05, 0) is 6.07 Å². The number of nitrogens with zero attached hydrogens (tertiary/aromatic N) is 4. The smallest absolute Gasteiger partial charge is 0.328 e. The van der Waals surface area contributed by atoms with Crippen molar-refractivity contribution < 1.29 is 19.4 Å². The normalized spacial score (nSPS) is 18.0. The third-order valence-corrected chi connectivity index (χ3v) is 3.70. The van der Waals surface area contributed by atoms with Crippen molar-refractivity contribution in [2.45, 2.75) is 6.04 Å². The van der Waals surface area contributed by atoms with Crippen LogP contribution in [0.2, 0.25) is 0 Å². The molecule has 2 aromatic rings. The van der Waals surface area contributed by atoms with Gasteiger partial charge < -0.3 is 14.7 Å². The van der Waals surface area contributed by atoms with Gasteiger partial charge >= 0.3 is 5.97 Å². The minimum absolute atomic E-state index is 0.00318. The maximum atomic E-state index is 12.6. The molecule has 1 atom stereocenters. The van der Waals surface area contributed by atoms with E-state index in [1.807, 2.05) is 6.20 Å². The molecule has 1 N–H and O–H groups in total. The highest BCUT2D eigenvalue weighted by atomic mass is 16.5. The highest BCUT2D eigenvalue weighted by Gasteiger charge is 2.33. The number of carboxylic acid groups (broad SMARTS) is 1. The van der Waals surface area contributed by atoms with Crippen molar-refractivity contribution in [1.29, 1.82) is 0 Å². The van der Waals surface area contributed by atoms with Gasteiger partial charge in [0.1, 0.15) is 0 Å². The van der Waals surface area contributed by atoms with Crippen molar-refractivity contribution >= 4 is 11.9 Å². The number of aliphatic carboxylic acids is 1. The SMILES string of the molecule is Cn1cc(-c2cncc(C(=O)N3CCOCC3C(=O)O)c2)cn1. The summed E-state index contributed by atoms with van der Waals surface area (Å²) in [6, 6.07) is 0.721. The monoisotopic (exact) mass is 316 g/mol. The Morgan fingerprint density at radius 3 is 2.83 bits per heavy atom. The molecular formula is C15H16N4O4. The van der Waals surface area contributed by atoms with E-state index in [1.165, 1.54) is 11.1 Å². The zero-order chi connectivity index (χ0) is 16.4. The average Bonchev–Trinajstić information content (AvgIpc) is 3.01. The molecule has 8 heteroatoms. The number of ether oxygens (including phenoxy) is 1. The van der Waals surface area contributed by atoms with Gasteiger partial charge in [0.2, 0.25) is 0 Å². The number of hydrogen-bond acceptors (Lipinski definition) is 5. The number of carbonyl (C=O) groups excluding carboxylic acids is 1. The lowest BCUT2D eigenvalue weighted by atomic mass is 10.1. The Hall–Kier alpha value is -2.74. The molecule has 1 unspecified atom stereocenters. The molecule has 0 aliphatic carbocycles. The molecule has 1 aliphatic rings. The molecule has 1 saturated heterocycles. The molecule has 23 heavy (non-hydrogen) atoms. The van der Waals surface area contributed by atoms with Gasteiger partial charge in [-0.15, -0.1) is 0 Å². The summed E-state index contributed by atoms with van der Waals surface area (Å²) >= 11 is 0.